The zero-order chi connectivity index (χ0) is 17.5. The highest BCUT2D eigenvalue weighted by atomic mass is 79.9. The second kappa shape index (κ2) is 6.11. The molecule has 0 amide bonds. The van der Waals surface area contributed by atoms with Crippen LogP contribution in [0.4, 0.5) is 5.95 Å². The fourth-order valence-corrected chi connectivity index (χ4v) is 3.71. The fourth-order valence-electron chi connectivity index (χ4n) is 3.45. The monoisotopic (exact) mass is 402 g/mol. The minimum Gasteiger partial charge on any atom is -0.324 e. The van der Waals surface area contributed by atoms with Gasteiger partial charge in [-0.3, -0.25) is 0 Å². The summed E-state index contributed by atoms with van der Waals surface area (Å²) in [5, 5.41) is 10.3. The van der Waals surface area contributed by atoms with Gasteiger partial charge in [-0.2, -0.15) is 10.1 Å². The Labute approximate surface area is 159 Å². The summed E-state index contributed by atoms with van der Waals surface area (Å²) in [5.74, 6) is 0.753. The molecule has 5 rings (SSSR count). The minimum atomic E-state index is -0.00387. The number of nitrogens with one attached hydrogen (secondary N) is 1. The van der Waals surface area contributed by atoms with Crippen molar-refractivity contribution in [3.8, 4) is 0 Å². The zero-order valence-electron chi connectivity index (χ0n) is 13.8. The van der Waals surface area contributed by atoms with Gasteiger partial charge in [0.05, 0.1) is 0 Å². The number of aromatic nitrogens is 3. The van der Waals surface area contributed by atoms with E-state index in [4.69, 9.17) is 0 Å². The molecule has 1 atom stereocenters. The lowest BCUT2D eigenvalue weighted by Gasteiger charge is -2.25. The first-order valence-corrected chi connectivity index (χ1v) is 9.21. The van der Waals surface area contributed by atoms with Crippen molar-refractivity contribution in [2.24, 2.45) is 0 Å². The van der Waals surface area contributed by atoms with E-state index in [9.17, 15) is 0 Å². The summed E-state index contributed by atoms with van der Waals surface area (Å²) in [4.78, 5) is 4.40. The van der Waals surface area contributed by atoms with Crippen LogP contribution in [0, 0.1) is 0 Å². The van der Waals surface area contributed by atoms with Crippen molar-refractivity contribution in [3.63, 3.8) is 0 Å². The van der Waals surface area contributed by atoms with Gasteiger partial charge in [-0.05, 0) is 34.5 Å². The van der Waals surface area contributed by atoms with E-state index in [1.165, 1.54) is 21.9 Å². The SMILES string of the molecule is Brc1ccc([C@@H]2C=C(c3cccc4ccccc34)Nc3ncnn32)cc1. The van der Waals surface area contributed by atoms with Gasteiger partial charge in [0, 0.05) is 15.7 Å². The third-order valence-corrected chi connectivity index (χ3v) is 5.23. The highest BCUT2D eigenvalue weighted by Gasteiger charge is 2.24. The predicted molar refractivity (Wildman–Crippen MR) is 108 cm³/mol. The molecule has 0 radical (unpaired) electrons. The molecule has 0 unspecified atom stereocenters. The number of hydrogen-bond acceptors (Lipinski definition) is 3. The highest BCUT2D eigenvalue weighted by molar-refractivity contribution is 9.10. The second-order valence-corrected chi connectivity index (χ2v) is 7.17. The Morgan fingerprint density at radius 1 is 0.923 bits per heavy atom. The van der Waals surface area contributed by atoms with Gasteiger partial charge >= 0.3 is 0 Å². The average molecular weight is 403 g/mol. The summed E-state index contributed by atoms with van der Waals surface area (Å²) in [6, 6.07) is 23.1. The highest BCUT2D eigenvalue weighted by Crippen LogP contribution is 2.34. The normalized spacial score (nSPS) is 16.0. The molecule has 0 saturated carbocycles. The predicted octanol–water partition coefficient (Wildman–Crippen LogP) is 5.25. The van der Waals surface area contributed by atoms with Crippen molar-refractivity contribution >= 4 is 38.3 Å². The van der Waals surface area contributed by atoms with Crippen LogP contribution in [0.2, 0.25) is 0 Å². The van der Waals surface area contributed by atoms with Crippen LogP contribution in [0.3, 0.4) is 0 Å². The largest absolute Gasteiger partial charge is 0.324 e. The number of benzene rings is 3. The van der Waals surface area contributed by atoms with Crippen LogP contribution in [0.1, 0.15) is 17.2 Å². The molecule has 4 aromatic rings. The molecule has 1 aliphatic rings. The summed E-state index contributed by atoms with van der Waals surface area (Å²) >= 11 is 3.51. The Bertz CT molecular complexity index is 1120. The van der Waals surface area contributed by atoms with Crippen molar-refractivity contribution < 1.29 is 0 Å². The molecule has 4 nitrogen and oxygen atoms in total. The molecule has 0 spiro atoms. The molecule has 1 aromatic heterocycles. The number of anilines is 1. The molecule has 1 N–H and O–H groups in total. The minimum absolute atomic E-state index is 0.00387. The lowest BCUT2D eigenvalue weighted by atomic mass is 9.98. The fraction of sp³-hybridized carbons (Fsp3) is 0.0476. The van der Waals surface area contributed by atoms with Gasteiger partial charge in [-0.15, -0.1) is 0 Å². The van der Waals surface area contributed by atoms with E-state index in [2.05, 4.69) is 104 Å². The van der Waals surface area contributed by atoms with Crippen molar-refractivity contribution in [3.05, 3.63) is 94.7 Å². The van der Waals surface area contributed by atoms with E-state index in [1.807, 2.05) is 4.68 Å². The molecule has 26 heavy (non-hydrogen) atoms. The van der Waals surface area contributed by atoms with Crippen LogP contribution >= 0.6 is 15.9 Å². The Morgan fingerprint density at radius 3 is 2.62 bits per heavy atom. The van der Waals surface area contributed by atoms with E-state index in [1.54, 1.807) is 6.33 Å². The smallest absolute Gasteiger partial charge is 0.226 e. The van der Waals surface area contributed by atoms with Gasteiger partial charge in [-0.25, -0.2) is 4.68 Å². The van der Waals surface area contributed by atoms with E-state index >= 15 is 0 Å². The number of allylic oxidation sites excluding steroid dienone is 1. The standard InChI is InChI=1S/C21H15BrN4/c22-16-10-8-15(9-11-16)20-12-19(25-21-23-13-24-26(20)21)18-7-3-5-14-4-1-2-6-17(14)18/h1-13,20H,(H,23,24,25)/t20-/m0/s1. The molecular formula is C21H15BrN4. The van der Waals surface area contributed by atoms with Crippen molar-refractivity contribution in [1.29, 1.82) is 0 Å². The number of fused-ring (bicyclic) bond motifs is 2. The molecule has 0 fully saturated rings. The molecule has 2 heterocycles. The van der Waals surface area contributed by atoms with E-state index in [0.29, 0.717) is 0 Å². The first kappa shape index (κ1) is 15.3. The Kier molecular flexibility index (Phi) is 3.60. The van der Waals surface area contributed by atoms with Crippen LogP contribution in [0.15, 0.2) is 83.6 Å². The molecule has 5 heteroatoms. The zero-order valence-corrected chi connectivity index (χ0v) is 15.4. The maximum Gasteiger partial charge on any atom is 0.226 e. The van der Waals surface area contributed by atoms with Gasteiger partial charge in [-0.1, -0.05) is 70.5 Å². The van der Waals surface area contributed by atoms with E-state index in [0.717, 1.165) is 16.1 Å². The maximum absolute atomic E-state index is 4.41. The third-order valence-electron chi connectivity index (χ3n) is 4.70. The summed E-state index contributed by atoms with van der Waals surface area (Å²) in [5.41, 5.74) is 3.38. The number of halogens is 1. The molecule has 3 aromatic carbocycles. The Hall–Kier alpha value is -2.92. The number of rotatable bonds is 2. The van der Waals surface area contributed by atoms with Crippen LogP contribution in [0.25, 0.3) is 16.5 Å². The van der Waals surface area contributed by atoms with E-state index in [-0.39, 0.29) is 6.04 Å². The van der Waals surface area contributed by atoms with Crippen LogP contribution < -0.4 is 5.32 Å². The topological polar surface area (TPSA) is 42.7 Å². The molecule has 0 bridgehead atoms. The van der Waals surface area contributed by atoms with Crippen molar-refractivity contribution in [1.82, 2.24) is 14.8 Å². The second-order valence-electron chi connectivity index (χ2n) is 6.26. The van der Waals surface area contributed by atoms with Crippen molar-refractivity contribution in [2.45, 2.75) is 6.04 Å². The first-order chi connectivity index (χ1) is 12.8. The summed E-state index contributed by atoms with van der Waals surface area (Å²) in [7, 11) is 0. The average Bonchev–Trinajstić information content (AvgIpc) is 3.16. The Balaban J connectivity index is 1.68. The lowest BCUT2D eigenvalue weighted by molar-refractivity contribution is 0.612. The number of hydrogen-bond donors (Lipinski definition) is 1. The quantitative estimate of drug-likeness (QED) is 0.497. The summed E-state index contributed by atoms with van der Waals surface area (Å²) in [6.07, 6.45) is 3.81. The van der Waals surface area contributed by atoms with Crippen LogP contribution in [0.5, 0.6) is 0 Å². The lowest BCUT2D eigenvalue weighted by Crippen LogP contribution is -2.20. The maximum atomic E-state index is 4.41. The Morgan fingerprint density at radius 2 is 1.73 bits per heavy atom. The molecule has 1 aliphatic heterocycles. The summed E-state index contributed by atoms with van der Waals surface area (Å²) in [6.45, 7) is 0. The first-order valence-electron chi connectivity index (χ1n) is 8.41. The molecule has 126 valence electrons. The van der Waals surface area contributed by atoms with Crippen molar-refractivity contribution in [2.75, 3.05) is 5.32 Å². The van der Waals surface area contributed by atoms with Gasteiger partial charge in [0.15, 0.2) is 0 Å². The molecular weight excluding hydrogens is 388 g/mol. The van der Waals surface area contributed by atoms with Crippen LogP contribution in [-0.2, 0) is 0 Å². The third kappa shape index (κ3) is 2.52. The van der Waals surface area contributed by atoms with E-state index < -0.39 is 0 Å². The number of nitrogens with zero attached hydrogens (tertiary/aromatic N) is 3. The van der Waals surface area contributed by atoms with Gasteiger partial charge in [0.1, 0.15) is 12.4 Å². The molecule has 0 aliphatic carbocycles. The van der Waals surface area contributed by atoms with Crippen LogP contribution in [-0.4, -0.2) is 14.8 Å². The van der Waals surface area contributed by atoms with Gasteiger partial charge in [0.2, 0.25) is 5.95 Å². The summed E-state index contributed by atoms with van der Waals surface area (Å²) < 4.78 is 2.98. The molecule has 0 saturated heterocycles. The van der Waals surface area contributed by atoms with Gasteiger partial charge < -0.3 is 5.32 Å². The van der Waals surface area contributed by atoms with Gasteiger partial charge in [0.25, 0.3) is 0 Å².